The minimum atomic E-state index is -0.540. The third-order valence-corrected chi connectivity index (χ3v) is 3.20. The molecule has 0 heterocycles. The van der Waals surface area contributed by atoms with Crippen LogP contribution in [0.4, 0.5) is 5.69 Å². The molecular formula is C13H8Cl3NO3. The molecule has 0 aliphatic heterocycles. The fourth-order valence-electron chi connectivity index (χ4n) is 1.57. The number of benzene rings is 2. The van der Waals surface area contributed by atoms with Crippen LogP contribution in [0.3, 0.4) is 0 Å². The highest BCUT2D eigenvalue weighted by atomic mass is 35.5. The smallest absolute Gasteiger partial charge is 0.288 e. The summed E-state index contributed by atoms with van der Waals surface area (Å²) in [6, 6.07) is 9.29. The highest BCUT2D eigenvalue weighted by Gasteiger charge is 2.13. The molecule has 0 fully saturated rings. The average molecular weight is 333 g/mol. The van der Waals surface area contributed by atoms with E-state index in [1.165, 1.54) is 12.1 Å². The van der Waals surface area contributed by atoms with Gasteiger partial charge in [0.25, 0.3) is 5.69 Å². The second-order valence-corrected chi connectivity index (χ2v) is 5.22. The Hall–Kier alpha value is -1.49. The Labute approximate surface area is 130 Å². The van der Waals surface area contributed by atoms with Gasteiger partial charge in [0.15, 0.2) is 0 Å². The van der Waals surface area contributed by atoms with Crippen molar-refractivity contribution < 1.29 is 9.66 Å². The third kappa shape index (κ3) is 3.76. The standard InChI is InChI=1S/C13H8Cl3NO3/c14-9-4-10(15)6-11(5-9)20-7-8-1-2-12(16)13(3-8)17(18)19/h1-6H,7H2. The molecule has 0 spiro atoms. The Bertz CT molecular complexity index is 641. The molecule has 2 aromatic rings. The summed E-state index contributed by atoms with van der Waals surface area (Å²) >= 11 is 17.4. The second-order valence-electron chi connectivity index (χ2n) is 3.94. The van der Waals surface area contributed by atoms with Crippen molar-refractivity contribution in [1.82, 2.24) is 0 Å². The van der Waals surface area contributed by atoms with Crippen molar-refractivity contribution in [3.63, 3.8) is 0 Å². The van der Waals surface area contributed by atoms with Crippen LogP contribution in [0.15, 0.2) is 36.4 Å². The number of hydrogen-bond donors (Lipinski definition) is 0. The van der Waals surface area contributed by atoms with Gasteiger partial charge in [-0.15, -0.1) is 0 Å². The molecule has 0 bridgehead atoms. The minimum absolute atomic E-state index is 0.0875. The van der Waals surface area contributed by atoms with Crippen molar-refractivity contribution in [1.29, 1.82) is 0 Å². The monoisotopic (exact) mass is 331 g/mol. The molecule has 104 valence electrons. The molecule has 0 unspecified atom stereocenters. The molecule has 0 aliphatic rings. The number of rotatable bonds is 4. The summed E-state index contributed by atoms with van der Waals surface area (Å²) in [5, 5.41) is 11.8. The van der Waals surface area contributed by atoms with Crippen LogP contribution in [-0.2, 0) is 6.61 Å². The first-order valence-electron chi connectivity index (χ1n) is 5.47. The van der Waals surface area contributed by atoms with E-state index in [2.05, 4.69) is 0 Å². The Kier molecular flexibility index (Phi) is 4.70. The van der Waals surface area contributed by atoms with Crippen LogP contribution in [0, 0.1) is 10.1 Å². The van der Waals surface area contributed by atoms with Crippen molar-refractivity contribution in [3.8, 4) is 5.75 Å². The summed E-state index contributed by atoms with van der Waals surface area (Å²) < 4.78 is 5.49. The first-order chi connectivity index (χ1) is 9.45. The molecule has 4 nitrogen and oxygen atoms in total. The van der Waals surface area contributed by atoms with Gasteiger partial charge in [0.05, 0.1) is 4.92 Å². The van der Waals surface area contributed by atoms with Crippen molar-refractivity contribution in [2.45, 2.75) is 6.61 Å². The Morgan fingerprint density at radius 3 is 2.30 bits per heavy atom. The molecule has 0 amide bonds. The Morgan fingerprint density at radius 1 is 1.05 bits per heavy atom. The van der Waals surface area contributed by atoms with E-state index in [1.54, 1.807) is 24.3 Å². The van der Waals surface area contributed by atoms with Gasteiger partial charge in [-0.3, -0.25) is 10.1 Å². The molecule has 0 N–H and O–H groups in total. The van der Waals surface area contributed by atoms with Crippen LogP contribution in [0.2, 0.25) is 15.1 Å². The topological polar surface area (TPSA) is 52.4 Å². The van der Waals surface area contributed by atoms with E-state index in [0.29, 0.717) is 21.4 Å². The van der Waals surface area contributed by atoms with Gasteiger partial charge in [-0.25, -0.2) is 0 Å². The zero-order chi connectivity index (χ0) is 14.7. The average Bonchev–Trinajstić information content (AvgIpc) is 2.36. The predicted molar refractivity (Wildman–Crippen MR) is 78.9 cm³/mol. The largest absolute Gasteiger partial charge is 0.489 e. The van der Waals surface area contributed by atoms with E-state index in [0.717, 1.165) is 0 Å². The lowest BCUT2D eigenvalue weighted by Gasteiger charge is -2.07. The maximum Gasteiger partial charge on any atom is 0.288 e. The molecule has 0 aromatic heterocycles. The zero-order valence-corrected chi connectivity index (χ0v) is 12.2. The molecule has 2 rings (SSSR count). The van der Waals surface area contributed by atoms with Crippen LogP contribution in [-0.4, -0.2) is 4.92 Å². The molecule has 0 saturated heterocycles. The van der Waals surface area contributed by atoms with E-state index in [1.807, 2.05) is 0 Å². The lowest BCUT2D eigenvalue weighted by atomic mass is 10.2. The van der Waals surface area contributed by atoms with E-state index >= 15 is 0 Å². The lowest BCUT2D eigenvalue weighted by molar-refractivity contribution is -0.384. The highest BCUT2D eigenvalue weighted by Crippen LogP contribution is 2.27. The van der Waals surface area contributed by atoms with Crippen LogP contribution in [0.25, 0.3) is 0 Å². The number of halogens is 3. The normalized spacial score (nSPS) is 10.3. The van der Waals surface area contributed by atoms with Crippen LogP contribution < -0.4 is 4.74 Å². The van der Waals surface area contributed by atoms with Gasteiger partial charge in [0.2, 0.25) is 0 Å². The van der Waals surface area contributed by atoms with Gasteiger partial charge in [-0.05, 0) is 29.8 Å². The summed E-state index contributed by atoms with van der Waals surface area (Å²) in [4.78, 5) is 10.2. The summed E-state index contributed by atoms with van der Waals surface area (Å²) in [5.74, 6) is 0.486. The summed E-state index contributed by atoms with van der Waals surface area (Å²) in [7, 11) is 0. The third-order valence-electron chi connectivity index (χ3n) is 2.45. The zero-order valence-electron chi connectivity index (χ0n) is 9.98. The quantitative estimate of drug-likeness (QED) is 0.576. The highest BCUT2D eigenvalue weighted by molar-refractivity contribution is 6.34. The number of hydrogen-bond acceptors (Lipinski definition) is 3. The van der Waals surface area contributed by atoms with Crippen LogP contribution in [0.5, 0.6) is 5.75 Å². The molecule has 0 saturated carbocycles. The minimum Gasteiger partial charge on any atom is -0.489 e. The van der Waals surface area contributed by atoms with E-state index < -0.39 is 4.92 Å². The predicted octanol–water partition coefficient (Wildman–Crippen LogP) is 5.13. The number of nitrogens with zero attached hydrogens (tertiary/aromatic N) is 1. The molecule has 20 heavy (non-hydrogen) atoms. The van der Waals surface area contributed by atoms with Gasteiger partial charge < -0.3 is 4.74 Å². The van der Waals surface area contributed by atoms with Gasteiger partial charge in [0, 0.05) is 16.1 Å². The summed E-state index contributed by atoms with van der Waals surface area (Å²) in [5.41, 5.74) is 0.467. The van der Waals surface area contributed by atoms with Gasteiger partial charge in [0.1, 0.15) is 17.4 Å². The fraction of sp³-hybridized carbons (Fsp3) is 0.0769. The van der Waals surface area contributed by atoms with E-state index in [9.17, 15) is 10.1 Å². The Balaban J connectivity index is 2.14. The first kappa shape index (κ1) is 14.9. The van der Waals surface area contributed by atoms with Crippen molar-refractivity contribution in [3.05, 3.63) is 67.1 Å². The van der Waals surface area contributed by atoms with E-state index in [4.69, 9.17) is 39.5 Å². The van der Waals surface area contributed by atoms with Crippen molar-refractivity contribution in [2.24, 2.45) is 0 Å². The van der Waals surface area contributed by atoms with Crippen LogP contribution in [0.1, 0.15) is 5.56 Å². The molecule has 7 heteroatoms. The first-order valence-corrected chi connectivity index (χ1v) is 6.61. The van der Waals surface area contributed by atoms with Crippen LogP contribution >= 0.6 is 34.8 Å². The number of nitro benzene ring substituents is 1. The molecule has 0 radical (unpaired) electrons. The maximum absolute atomic E-state index is 10.8. The maximum atomic E-state index is 10.8. The summed E-state index contributed by atoms with van der Waals surface area (Å²) in [6.45, 7) is 0.148. The second kappa shape index (κ2) is 6.31. The Morgan fingerprint density at radius 2 is 1.70 bits per heavy atom. The molecule has 2 aromatic carbocycles. The number of ether oxygens (including phenoxy) is 1. The number of nitro groups is 1. The summed E-state index contributed by atoms with van der Waals surface area (Å²) in [6.07, 6.45) is 0. The molecule has 0 aliphatic carbocycles. The van der Waals surface area contributed by atoms with Crippen molar-refractivity contribution in [2.75, 3.05) is 0 Å². The van der Waals surface area contributed by atoms with Gasteiger partial charge >= 0.3 is 0 Å². The van der Waals surface area contributed by atoms with Gasteiger partial charge in [-0.2, -0.15) is 0 Å². The van der Waals surface area contributed by atoms with Crippen molar-refractivity contribution >= 4 is 40.5 Å². The SMILES string of the molecule is O=[N+]([O-])c1cc(COc2cc(Cl)cc(Cl)c2)ccc1Cl. The van der Waals surface area contributed by atoms with E-state index in [-0.39, 0.29) is 17.3 Å². The molecule has 0 atom stereocenters. The van der Waals surface area contributed by atoms with Gasteiger partial charge in [-0.1, -0.05) is 40.9 Å². The lowest BCUT2D eigenvalue weighted by Crippen LogP contribution is -1.97. The molecular weight excluding hydrogens is 325 g/mol. The fourth-order valence-corrected chi connectivity index (χ4v) is 2.26.